The Bertz CT molecular complexity index is 420. The van der Waals surface area contributed by atoms with Crippen LogP contribution in [0.5, 0.6) is 0 Å². The van der Waals surface area contributed by atoms with Crippen molar-refractivity contribution in [1.82, 2.24) is 15.2 Å². The Morgan fingerprint density at radius 1 is 1.39 bits per heavy atom. The number of carbonyl (C=O) groups excluding carboxylic acids is 2. The molecular weight excluding hydrogens is 230 g/mol. The van der Waals surface area contributed by atoms with Crippen LogP contribution in [0.2, 0.25) is 0 Å². The SMILES string of the molecule is O=C(CN1CCCCC1=O)NCc1ccccn1. The summed E-state index contributed by atoms with van der Waals surface area (Å²) in [4.78, 5) is 29.0. The quantitative estimate of drug-likeness (QED) is 0.852. The van der Waals surface area contributed by atoms with Gasteiger partial charge in [0.1, 0.15) is 0 Å². The highest BCUT2D eigenvalue weighted by molar-refractivity contribution is 5.85. The minimum atomic E-state index is -0.129. The summed E-state index contributed by atoms with van der Waals surface area (Å²) in [6.07, 6.45) is 4.17. The van der Waals surface area contributed by atoms with Crippen LogP contribution in [0.3, 0.4) is 0 Å². The molecule has 1 aromatic rings. The molecule has 0 unspecified atom stereocenters. The van der Waals surface area contributed by atoms with Gasteiger partial charge in [-0.05, 0) is 25.0 Å². The number of hydrogen-bond acceptors (Lipinski definition) is 3. The van der Waals surface area contributed by atoms with Crippen molar-refractivity contribution in [3.63, 3.8) is 0 Å². The smallest absolute Gasteiger partial charge is 0.239 e. The molecule has 0 aromatic carbocycles. The van der Waals surface area contributed by atoms with Crippen LogP contribution in [-0.2, 0) is 16.1 Å². The number of carbonyl (C=O) groups is 2. The van der Waals surface area contributed by atoms with Gasteiger partial charge in [-0.15, -0.1) is 0 Å². The number of piperidine rings is 1. The maximum Gasteiger partial charge on any atom is 0.239 e. The summed E-state index contributed by atoms with van der Waals surface area (Å²) in [5.41, 5.74) is 0.816. The normalized spacial score (nSPS) is 15.6. The summed E-state index contributed by atoms with van der Waals surface area (Å²) >= 11 is 0. The molecule has 0 atom stereocenters. The zero-order valence-electron chi connectivity index (χ0n) is 10.3. The van der Waals surface area contributed by atoms with Gasteiger partial charge in [0.05, 0.1) is 18.8 Å². The second kappa shape index (κ2) is 6.14. The molecule has 5 heteroatoms. The summed E-state index contributed by atoms with van der Waals surface area (Å²) in [5, 5.41) is 2.77. The second-order valence-electron chi connectivity index (χ2n) is 4.37. The molecule has 2 rings (SSSR count). The average molecular weight is 247 g/mol. The van der Waals surface area contributed by atoms with E-state index in [1.807, 2.05) is 18.2 Å². The Hall–Kier alpha value is -1.91. The zero-order chi connectivity index (χ0) is 12.8. The summed E-state index contributed by atoms with van der Waals surface area (Å²) in [7, 11) is 0. The van der Waals surface area contributed by atoms with E-state index < -0.39 is 0 Å². The fourth-order valence-electron chi connectivity index (χ4n) is 1.95. The summed E-state index contributed by atoms with van der Waals surface area (Å²) < 4.78 is 0. The van der Waals surface area contributed by atoms with Gasteiger partial charge >= 0.3 is 0 Å². The third kappa shape index (κ3) is 3.55. The van der Waals surface area contributed by atoms with Gasteiger partial charge in [0.15, 0.2) is 0 Å². The van der Waals surface area contributed by atoms with E-state index in [4.69, 9.17) is 0 Å². The highest BCUT2D eigenvalue weighted by Gasteiger charge is 2.20. The van der Waals surface area contributed by atoms with Crippen LogP contribution < -0.4 is 5.32 Å². The van der Waals surface area contributed by atoms with Crippen LogP contribution in [0.15, 0.2) is 24.4 Å². The minimum absolute atomic E-state index is 0.0780. The van der Waals surface area contributed by atoms with Crippen LogP contribution in [-0.4, -0.2) is 34.8 Å². The van der Waals surface area contributed by atoms with Crippen molar-refractivity contribution in [2.24, 2.45) is 0 Å². The van der Waals surface area contributed by atoms with E-state index in [9.17, 15) is 9.59 Å². The van der Waals surface area contributed by atoms with Gasteiger partial charge in [0, 0.05) is 19.2 Å². The molecule has 0 bridgehead atoms. The molecule has 0 aliphatic carbocycles. The molecule has 18 heavy (non-hydrogen) atoms. The molecule has 1 aliphatic heterocycles. The van der Waals surface area contributed by atoms with Crippen molar-refractivity contribution in [2.75, 3.05) is 13.1 Å². The molecule has 0 spiro atoms. The molecule has 1 aromatic heterocycles. The Morgan fingerprint density at radius 2 is 2.28 bits per heavy atom. The Balaban J connectivity index is 1.76. The van der Waals surface area contributed by atoms with Gasteiger partial charge in [-0.3, -0.25) is 14.6 Å². The van der Waals surface area contributed by atoms with Crippen molar-refractivity contribution in [2.45, 2.75) is 25.8 Å². The monoisotopic (exact) mass is 247 g/mol. The first-order chi connectivity index (χ1) is 8.75. The van der Waals surface area contributed by atoms with E-state index in [2.05, 4.69) is 10.3 Å². The summed E-state index contributed by atoms with van der Waals surface area (Å²) in [6.45, 7) is 1.25. The van der Waals surface area contributed by atoms with E-state index in [0.717, 1.165) is 18.5 Å². The first-order valence-corrected chi connectivity index (χ1v) is 6.20. The molecule has 1 aliphatic rings. The van der Waals surface area contributed by atoms with Crippen LogP contribution in [0, 0.1) is 0 Å². The van der Waals surface area contributed by atoms with Crippen molar-refractivity contribution in [3.8, 4) is 0 Å². The van der Waals surface area contributed by atoms with Gasteiger partial charge in [-0.2, -0.15) is 0 Å². The fourth-order valence-corrected chi connectivity index (χ4v) is 1.95. The van der Waals surface area contributed by atoms with E-state index in [1.165, 1.54) is 0 Å². The van der Waals surface area contributed by atoms with Crippen LogP contribution in [0.4, 0.5) is 0 Å². The predicted molar refractivity (Wildman–Crippen MR) is 66.5 cm³/mol. The van der Waals surface area contributed by atoms with E-state index in [1.54, 1.807) is 11.1 Å². The van der Waals surface area contributed by atoms with E-state index in [-0.39, 0.29) is 18.4 Å². The van der Waals surface area contributed by atoms with Crippen LogP contribution in [0.1, 0.15) is 25.0 Å². The van der Waals surface area contributed by atoms with Crippen molar-refractivity contribution in [1.29, 1.82) is 0 Å². The topological polar surface area (TPSA) is 62.3 Å². The molecule has 2 amide bonds. The lowest BCUT2D eigenvalue weighted by Crippen LogP contribution is -2.42. The van der Waals surface area contributed by atoms with E-state index in [0.29, 0.717) is 19.5 Å². The summed E-state index contributed by atoms with van der Waals surface area (Å²) in [6, 6.07) is 5.56. The van der Waals surface area contributed by atoms with Gasteiger partial charge < -0.3 is 10.2 Å². The zero-order valence-corrected chi connectivity index (χ0v) is 10.3. The van der Waals surface area contributed by atoms with Crippen molar-refractivity contribution < 1.29 is 9.59 Å². The number of nitrogens with zero attached hydrogens (tertiary/aromatic N) is 2. The third-order valence-electron chi connectivity index (χ3n) is 2.95. The Kier molecular flexibility index (Phi) is 4.28. The lowest BCUT2D eigenvalue weighted by molar-refractivity contribution is -0.137. The molecule has 5 nitrogen and oxygen atoms in total. The number of rotatable bonds is 4. The molecule has 2 heterocycles. The third-order valence-corrected chi connectivity index (χ3v) is 2.95. The number of pyridine rings is 1. The molecule has 1 saturated heterocycles. The number of aromatic nitrogens is 1. The molecular formula is C13H17N3O2. The fraction of sp³-hybridized carbons (Fsp3) is 0.462. The van der Waals surface area contributed by atoms with E-state index >= 15 is 0 Å². The average Bonchev–Trinajstić information content (AvgIpc) is 2.40. The van der Waals surface area contributed by atoms with Gasteiger partial charge in [0.2, 0.25) is 11.8 Å². The van der Waals surface area contributed by atoms with Gasteiger partial charge in [-0.25, -0.2) is 0 Å². The van der Waals surface area contributed by atoms with Crippen LogP contribution >= 0.6 is 0 Å². The Morgan fingerprint density at radius 3 is 3.00 bits per heavy atom. The maximum atomic E-state index is 11.7. The first kappa shape index (κ1) is 12.5. The van der Waals surface area contributed by atoms with Crippen molar-refractivity contribution >= 4 is 11.8 Å². The number of amides is 2. The second-order valence-corrected chi connectivity index (χ2v) is 4.37. The molecule has 0 saturated carbocycles. The number of nitrogens with one attached hydrogen (secondary N) is 1. The minimum Gasteiger partial charge on any atom is -0.349 e. The van der Waals surface area contributed by atoms with Crippen molar-refractivity contribution in [3.05, 3.63) is 30.1 Å². The predicted octanol–water partition coefficient (Wildman–Crippen LogP) is 0.710. The molecule has 96 valence electrons. The van der Waals surface area contributed by atoms with Gasteiger partial charge in [0.25, 0.3) is 0 Å². The first-order valence-electron chi connectivity index (χ1n) is 6.20. The lowest BCUT2D eigenvalue weighted by Gasteiger charge is -2.25. The maximum absolute atomic E-state index is 11.7. The van der Waals surface area contributed by atoms with Gasteiger partial charge in [-0.1, -0.05) is 6.07 Å². The molecule has 1 fully saturated rings. The van der Waals surface area contributed by atoms with Crippen LogP contribution in [0.25, 0.3) is 0 Å². The summed E-state index contributed by atoms with van der Waals surface area (Å²) in [5.74, 6) is -0.0508. The lowest BCUT2D eigenvalue weighted by atomic mass is 10.1. The highest BCUT2D eigenvalue weighted by atomic mass is 16.2. The highest BCUT2D eigenvalue weighted by Crippen LogP contribution is 2.09. The number of likely N-dealkylation sites (tertiary alicyclic amines) is 1. The number of hydrogen-bond donors (Lipinski definition) is 1. The molecule has 0 radical (unpaired) electrons. The molecule has 1 N–H and O–H groups in total. The Labute approximate surface area is 106 Å². The standard InChI is InChI=1S/C13H17N3O2/c17-12(10-16-8-4-2-6-13(16)18)15-9-11-5-1-3-7-14-11/h1,3,5,7H,2,4,6,8-10H2,(H,15,17). The largest absolute Gasteiger partial charge is 0.349 e.